The number of nitrogens with two attached hydrogens (primary N) is 1. The molecule has 18 heavy (non-hydrogen) atoms. The minimum Gasteiger partial charge on any atom is -0.330 e. The van der Waals surface area contributed by atoms with E-state index in [1.165, 1.54) is 50.9 Å². The molecular formula is C15H32N2S. The highest BCUT2D eigenvalue weighted by Crippen LogP contribution is 2.25. The maximum absolute atomic E-state index is 5.70. The first-order valence-corrected chi connectivity index (χ1v) is 8.79. The predicted molar refractivity (Wildman–Crippen MR) is 84.3 cm³/mol. The topological polar surface area (TPSA) is 29.3 Å². The third kappa shape index (κ3) is 5.50. The van der Waals surface area contributed by atoms with E-state index in [1.54, 1.807) is 0 Å². The Bertz CT molecular complexity index is 205. The molecule has 2 nitrogen and oxygen atoms in total. The van der Waals surface area contributed by atoms with E-state index in [9.17, 15) is 0 Å². The quantitative estimate of drug-likeness (QED) is 0.734. The standard InChI is InChI=1S/C15H32N2S/c1-4-6-15(8-9-16)7-5-10-17-11-12-18-14(3)13(17)2/h13-15H,4-12,16H2,1-3H3. The molecule has 3 heteroatoms. The fourth-order valence-corrected chi connectivity index (χ4v) is 4.13. The van der Waals surface area contributed by atoms with Crippen molar-refractivity contribution in [3.63, 3.8) is 0 Å². The highest BCUT2D eigenvalue weighted by atomic mass is 32.2. The van der Waals surface area contributed by atoms with Crippen molar-refractivity contribution in [1.82, 2.24) is 4.90 Å². The van der Waals surface area contributed by atoms with Crippen molar-refractivity contribution in [1.29, 1.82) is 0 Å². The van der Waals surface area contributed by atoms with E-state index in [1.807, 2.05) is 0 Å². The molecule has 1 rings (SSSR count). The largest absolute Gasteiger partial charge is 0.330 e. The minimum absolute atomic E-state index is 0.753. The van der Waals surface area contributed by atoms with Gasteiger partial charge in [0.05, 0.1) is 0 Å². The van der Waals surface area contributed by atoms with Gasteiger partial charge in [0, 0.05) is 23.6 Å². The van der Waals surface area contributed by atoms with Crippen LogP contribution in [0.4, 0.5) is 0 Å². The zero-order chi connectivity index (χ0) is 13.4. The molecule has 0 aromatic heterocycles. The normalized spacial score (nSPS) is 27.3. The molecule has 0 aliphatic carbocycles. The van der Waals surface area contributed by atoms with E-state index >= 15 is 0 Å². The Hall–Kier alpha value is 0.270. The van der Waals surface area contributed by atoms with Crippen molar-refractivity contribution in [2.24, 2.45) is 11.7 Å². The third-order valence-corrected chi connectivity index (χ3v) is 5.68. The highest BCUT2D eigenvalue weighted by Gasteiger charge is 2.24. The molecule has 0 spiro atoms. The van der Waals surface area contributed by atoms with Crippen molar-refractivity contribution in [2.45, 2.75) is 64.2 Å². The van der Waals surface area contributed by atoms with Gasteiger partial charge < -0.3 is 5.73 Å². The van der Waals surface area contributed by atoms with Gasteiger partial charge >= 0.3 is 0 Å². The van der Waals surface area contributed by atoms with Crippen LogP contribution in [-0.2, 0) is 0 Å². The second-order valence-electron chi connectivity index (χ2n) is 5.73. The Kier molecular flexibility index (Phi) is 8.36. The van der Waals surface area contributed by atoms with Crippen LogP contribution in [0.1, 0.15) is 52.9 Å². The van der Waals surface area contributed by atoms with Crippen LogP contribution >= 0.6 is 11.8 Å². The van der Waals surface area contributed by atoms with E-state index in [0.717, 1.165) is 23.8 Å². The van der Waals surface area contributed by atoms with Crippen LogP contribution in [0.15, 0.2) is 0 Å². The Balaban J connectivity index is 2.22. The summed E-state index contributed by atoms with van der Waals surface area (Å²) >= 11 is 2.13. The van der Waals surface area contributed by atoms with Gasteiger partial charge in [-0.15, -0.1) is 0 Å². The molecule has 3 unspecified atom stereocenters. The first-order valence-electron chi connectivity index (χ1n) is 7.74. The van der Waals surface area contributed by atoms with Crippen LogP contribution in [0.5, 0.6) is 0 Å². The van der Waals surface area contributed by atoms with Crippen LogP contribution < -0.4 is 5.73 Å². The highest BCUT2D eigenvalue weighted by molar-refractivity contribution is 8.00. The van der Waals surface area contributed by atoms with Gasteiger partial charge in [-0.1, -0.05) is 26.7 Å². The first-order chi connectivity index (χ1) is 8.69. The molecule has 2 N–H and O–H groups in total. The summed E-state index contributed by atoms with van der Waals surface area (Å²) in [5.41, 5.74) is 5.70. The van der Waals surface area contributed by atoms with Gasteiger partial charge in [0.15, 0.2) is 0 Å². The first kappa shape index (κ1) is 16.3. The summed E-state index contributed by atoms with van der Waals surface area (Å²) in [5, 5.41) is 0.800. The molecule has 0 bridgehead atoms. The maximum atomic E-state index is 5.70. The van der Waals surface area contributed by atoms with Crippen LogP contribution in [0.2, 0.25) is 0 Å². The van der Waals surface area contributed by atoms with E-state index in [4.69, 9.17) is 5.73 Å². The van der Waals surface area contributed by atoms with Crippen LogP contribution in [0, 0.1) is 5.92 Å². The predicted octanol–water partition coefficient (Wildman–Crippen LogP) is 3.36. The van der Waals surface area contributed by atoms with Crippen molar-refractivity contribution in [3.05, 3.63) is 0 Å². The van der Waals surface area contributed by atoms with Gasteiger partial charge in [-0.25, -0.2) is 0 Å². The fraction of sp³-hybridized carbons (Fsp3) is 1.00. The molecule has 108 valence electrons. The number of hydrogen-bond acceptors (Lipinski definition) is 3. The molecule has 0 aromatic carbocycles. The lowest BCUT2D eigenvalue weighted by Crippen LogP contribution is -2.45. The second kappa shape index (κ2) is 9.22. The molecule has 1 heterocycles. The Morgan fingerprint density at radius 3 is 2.72 bits per heavy atom. The smallest absolute Gasteiger partial charge is 0.0184 e. The molecule has 3 atom stereocenters. The average Bonchev–Trinajstić information content (AvgIpc) is 2.35. The van der Waals surface area contributed by atoms with E-state index in [0.29, 0.717) is 0 Å². The van der Waals surface area contributed by atoms with Gasteiger partial charge in [0.1, 0.15) is 0 Å². The molecule has 0 saturated carbocycles. The van der Waals surface area contributed by atoms with Crippen LogP contribution in [0.3, 0.4) is 0 Å². The van der Waals surface area contributed by atoms with Crippen molar-refractivity contribution >= 4 is 11.8 Å². The minimum atomic E-state index is 0.753. The summed E-state index contributed by atoms with van der Waals surface area (Å²) in [5.74, 6) is 2.18. The lowest BCUT2D eigenvalue weighted by molar-refractivity contribution is 0.203. The summed E-state index contributed by atoms with van der Waals surface area (Å²) in [7, 11) is 0. The lowest BCUT2D eigenvalue weighted by Gasteiger charge is -2.37. The lowest BCUT2D eigenvalue weighted by atomic mass is 9.94. The second-order valence-corrected chi connectivity index (χ2v) is 7.21. The zero-order valence-corrected chi connectivity index (χ0v) is 13.3. The maximum Gasteiger partial charge on any atom is 0.0184 e. The van der Waals surface area contributed by atoms with E-state index in [-0.39, 0.29) is 0 Å². The summed E-state index contributed by atoms with van der Waals surface area (Å²) in [4.78, 5) is 2.69. The Labute approximate surface area is 118 Å². The van der Waals surface area contributed by atoms with Crippen LogP contribution in [0.25, 0.3) is 0 Å². The molecular weight excluding hydrogens is 240 g/mol. The summed E-state index contributed by atoms with van der Waals surface area (Å²) < 4.78 is 0. The van der Waals surface area contributed by atoms with E-state index in [2.05, 4.69) is 37.4 Å². The monoisotopic (exact) mass is 272 g/mol. The van der Waals surface area contributed by atoms with Gasteiger partial charge in [0.2, 0.25) is 0 Å². The average molecular weight is 273 g/mol. The summed E-state index contributed by atoms with van der Waals surface area (Å²) in [6.07, 6.45) is 6.61. The number of thioether (sulfide) groups is 1. The van der Waals surface area contributed by atoms with Gasteiger partial charge in [-0.2, -0.15) is 11.8 Å². The van der Waals surface area contributed by atoms with Gasteiger partial charge in [0.25, 0.3) is 0 Å². The molecule has 0 radical (unpaired) electrons. The molecule has 1 aliphatic heterocycles. The van der Waals surface area contributed by atoms with Crippen LogP contribution in [-0.4, -0.2) is 41.6 Å². The van der Waals surface area contributed by atoms with Crippen molar-refractivity contribution < 1.29 is 0 Å². The van der Waals surface area contributed by atoms with Gasteiger partial charge in [-0.05, 0) is 45.2 Å². The molecule has 0 aromatic rings. The third-order valence-electron chi connectivity index (χ3n) is 4.34. The zero-order valence-electron chi connectivity index (χ0n) is 12.5. The molecule has 1 fully saturated rings. The summed E-state index contributed by atoms with van der Waals surface area (Å²) in [6.45, 7) is 10.5. The SMILES string of the molecule is CCCC(CCN)CCCN1CCSC(C)C1C. The van der Waals surface area contributed by atoms with Crippen molar-refractivity contribution in [3.8, 4) is 0 Å². The summed E-state index contributed by atoms with van der Waals surface area (Å²) in [6, 6.07) is 0.753. The Morgan fingerprint density at radius 2 is 2.06 bits per heavy atom. The number of rotatable bonds is 8. The van der Waals surface area contributed by atoms with E-state index < -0.39 is 0 Å². The van der Waals surface area contributed by atoms with Gasteiger partial charge in [-0.3, -0.25) is 4.90 Å². The Morgan fingerprint density at radius 1 is 1.28 bits per heavy atom. The number of hydrogen-bond donors (Lipinski definition) is 1. The molecule has 1 aliphatic rings. The van der Waals surface area contributed by atoms with Crippen molar-refractivity contribution in [2.75, 3.05) is 25.4 Å². The molecule has 0 amide bonds. The number of nitrogens with zero attached hydrogens (tertiary/aromatic N) is 1. The fourth-order valence-electron chi connectivity index (χ4n) is 2.97. The molecule has 1 saturated heterocycles.